The molecule has 1 N–H and O–H groups in total. The van der Waals surface area contributed by atoms with Crippen molar-refractivity contribution in [1.29, 1.82) is 5.41 Å². The third-order valence-corrected chi connectivity index (χ3v) is 5.05. The van der Waals surface area contributed by atoms with E-state index >= 15 is 0 Å². The van der Waals surface area contributed by atoms with Crippen LogP contribution in [-0.4, -0.2) is 33.2 Å². The Labute approximate surface area is 143 Å². The van der Waals surface area contributed by atoms with Gasteiger partial charge in [-0.15, -0.1) is 0 Å². The lowest BCUT2D eigenvalue weighted by molar-refractivity contribution is -0.114. The number of hydrogen-bond donors (Lipinski definition) is 1. The van der Waals surface area contributed by atoms with Gasteiger partial charge in [0.05, 0.1) is 17.5 Å². The fraction of sp³-hybridized carbons (Fsp3) is 0.250. The Kier molecular flexibility index (Phi) is 4.41. The lowest BCUT2D eigenvalue weighted by Gasteiger charge is -2.23. The van der Waals surface area contributed by atoms with Crippen molar-refractivity contribution in [2.45, 2.75) is 19.8 Å². The SMILES string of the molecule is CSC1=NSC2=NC(=O)/C(=C\c3ccc(C(C)C)cc3)C(=N)N12. The Morgan fingerprint density at radius 2 is 2.00 bits per heavy atom. The van der Waals surface area contributed by atoms with Gasteiger partial charge >= 0.3 is 0 Å². The van der Waals surface area contributed by atoms with Crippen molar-refractivity contribution in [3.8, 4) is 0 Å². The first-order chi connectivity index (χ1) is 11.0. The van der Waals surface area contributed by atoms with Crippen LogP contribution in [0, 0.1) is 5.41 Å². The molecule has 2 heterocycles. The van der Waals surface area contributed by atoms with Gasteiger partial charge in [0, 0.05) is 0 Å². The van der Waals surface area contributed by atoms with Gasteiger partial charge in [0.15, 0.2) is 5.17 Å². The number of carbonyl (C=O) groups is 1. The number of thioether (sulfide) groups is 1. The molecule has 3 rings (SSSR count). The van der Waals surface area contributed by atoms with Crippen LogP contribution < -0.4 is 0 Å². The fourth-order valence-electron chi connectivity index (χ4n) is 2.28. The average molecular weight is 344 g/mol. The summed E-state index contributed by atoms with van der Waals surface area (Å²) in [6, 6.07) is 8.02. The number of carbonyl (C=O) groups excluding carboxylic acids is 1. The van der Waals surface area contributed by atoms with Crippen LogP contribution in [0.3, 0.4) is 0 Å². The molecule has 7 heteroatoms. The van der Waals surface area contributed by atoms with Crippen LogP contribution in [0.2, 0.25) is 0 Å². The monoisotopic (exact) mass is 344 g/mol. The number of benzene rings is 1. The molecule has 0 atom stereocenters. The van der Waals surface area contributed by atoms with Gasteiger partial charge in [-0.3, -0.25) is 10.2 Å². The zero-order chi connectivity index (χ0) is 16.6. The number of fused-ring (bicyclic) bond motifs is 1. The fourth-order valence-corrected chi connectivity index (χ4v) is 3.73. The normalized spacial score (nSPS) is 19.3. The number of nitrogens with zero attached hydrogens (tertiary/aromatic N) is 3. The minimum Gasteiger partial charge on any atom is -0.283 e. The van der Waals surface area contributed by atoms with Crippen LogP contribution in [0.1, 0.15) is 30.9 Å². The van der Waals surface area contributed by atoms with Crippen molar-refractivity contribution >= 4 is 51.9 Å². The topological polar surface area (TPSA) is 68.9 Å². The number of amidine groups is 3. The first kappa shape index (κ1) is 16.0. The van der Waals surface area contributed by atoms with Crippen molar-refractivity contribution in [2.24, 2.45) is 9.39 Å². The van der Waals surface area contributed by atoms with Crippen LogP contribution in [0.5, 0.6) is 0 Å². The van der Waals surface area contributed by atoms with E-state index in [1.54, 1.807) is 11.0 Å². The summed E-state index contributed by atoms with van der Waals surface area (Å²) in [4.78, 5) is 17.9. The van der Waals surface area contributed by atoms with E-state index in [2.05, 4.69) is 23.2 Å². The smallest absolute Gasteiger partial charge is 0.283 e. The maximum Gasteiger partial charge on any atom is 0.283 e. The largest absolute Gasteiger partial charge is 0.283 e. The maximum absolute atomic E-state index is 12.2. The first-order valence-electron chi connectivity index (χ1n) is 7.14. The molecule has 0 aliphatic carbocycles. The zero-order valence-electron chi connectivity index (χ0n) is 13.0. The van der Waals surface area contributed by atoms with E-state index in [4.69, 9.17) is 5.41 Å². The highest BCUT2D eigenvalue weighted by Crippen LogP contribution is 2.31. The molecule has 0 spiro atoms. The predicted octanol–water partition coefficient (Wildman–Crippen LogP) is 3.75. The van der Waals surface area contributed by atoms with E-state index in [-0.39, 0.29) is 17.3 Å². The third-order valence-electron chi connectivity index (χ3n) is 3.59. The summed E-state index contributed by atoms with van der Waals surface area (Å²) in [6.45, 7) is 4.27. The van der Waals surface area contributed by atoms with Gasteiger partial charge in [-0.2, -0.15) is 9.39 Å². The molecule has 2 aliphatic rings. The Hall–Kier alpha value is -1.86. The van der Waals surface area contributed by atoms with Gasteiger partial charge in [-0.25, -0.2) is 4.90 Å². The van der Waals surface area contributed by atoms with Crippen LogP contribution >= 0.6 is 23.7 Å². The number of hydrogen-bond acceptors (Lipinski definition) is 5. The van der Waals surface area contributed by atoms with Crippen molar-refractivity contribution in [1.82, 2.24) is 4.90 Å². The van der Waals surface area contributed by atoms with Crippen LogP contribution in [0.25, 0.3) is 6.08 Å². The van der Waals surface area contributed by atoms with Crippen molar-refractivity contribution in [3.05, 3.63) is 41.0 Å². The summed E-state index contributed by atoms with van der Waals surface area (Å²) in [5.74, 6) is 0.200. The van der Waals surface area contributed by atoms with Crippen molar-refractivity contribution in [3.63, 3.8) is 0 Å². The van der Waals surface area contributed by atoms with E-state index in [9.17, 15) is 4.79 Å². The number of rotatable bonds is 2. The number of nitrogens with one attached hydrogen (secondary N) is 1. The minimum absolute atomic E-state index is 0.131. The van der Waals surface area contributed by atoms with Gasteiger partial charge in [-0.05, 0) is 29.4 Å². The van der Waals surface area contributed by atoms with Gasteiger partial charge in [-0.1, -0.05) is 49.9 Å². The molecule has 1 amide bonds. The second-order valence-corrected chi connectivity index (χ2v) is 6.94. The molecular weight excluding hydrogens is 328 g/mol. The second-order valence-electron chi connectivity index (χ2n) is 5.43. The molecule has 5 nitrogen and oxygen atoms in total. The van der Waals surface area contributed by atoms with Gasteiger partial charge in [0.2, 0.25) is 5.17 Å². The van der Waals surface area contributed by atoms with Crippen LogP contribution in [0.4, 0.5) is 0 Å². The first-order valence-corrected chi connectivity index (χ1v) is 9.14. The van der Waals surface area contributed by atoms with Crippen LogP contribution in [0.15, 0.2) is 39.2 Å². The van der Waals surface area contributed by atoms with Crippen molar-refractivity contribution < 1.29 is 4.79 Å². The second kappa shape index (κ2) is 6.33. The molecule has 118 valence electrons. The Balaban J connectivity index is 1.94. The molecule has 0 unspecified atom stereocenters. The third kappa shape index (κ3) is 2.98. The molecule has 0 aromatic heterocycles. The molecule has 0 fully saturated rings. The lowest BCUT2D eigenvalue weighted by Crippen LogP contribution is -2.41. The maximum atomic E-state index is 12.2. The van der Waals surface area contributed by atoms with E-state index in [1.807, 2.05) is 30.5 Å². The summed E-state index contributed by atoms with van der Waals surface area (Å²) < 4.78 is 4.23. The average Bonchev–Trinajstić information content (AvgIpc) is 2.94. The van der Waals surface area contributed by atoms with Gasteiger partial charge in [0.25, 0.3) is 5.91 Å². The number of amides is 1. The molecule has 1 aromatic carbocycles. The van der Waals surface area contributed by atoms with E-state index in [1.165, 1.54) is 17.3 Å². The summed E-state index contributed by atoms with van der Waals surface area (Å²) in [5.41, 5.74) is 2.41. The molecule has 1 aromatic rings. The number of aliphatic imine (C=N–C) groups is 1. The quantitative estimate of drug-likeness (QED) is 0.655. The summed E-state index contributed by atoms with van der Waals surface area (Å²) in [6.07, 6.45) is 3.61. The predicted molar refractivity (Wildman–Crippen MR) is 99.1 cm³/mol. The Morgan fingerprint density at radius 3 is 2.61 bits per heavy atom. The van der Waals surface area contributed by atoms with E-state index in [0.29, 0.717) is 16.3 Å². The van der Waals surface area contributed by atoms with Gasteiger partial charge in [0.1, 0.15) is 5.84 Å². The highest BCUT2D eigenvalue weighted by Gasteiger charge is 2.36. The Morgan fingerprint density at radius 1 is 1.30 bits per heavy atom. The summed E-state index contributed by atoms with van der Waals surface area (Å²) >= 11 is 2.57. The molecule has 0 radical (unpaired) electrons. The molecule has 0 saturated carbocycles. The van der Waals surface area contributed by atoms with Gasteiger partial charge < -0.3 is 0 Å². The van der Waals surface area contributed by atoms with Crippen molar-refractivity contribution in [2.75, 3.05) is 6.26 Å². The standard InChI is InChI=1S/C16H16N4OS2/c1-9(2)11-6-4-10(5-7-11)8-12-13(17)20-15(18-14(12)21)23-19-16(20)22-3/h4-9,17H,1-3H3/b12-8-,17-13?. The highest BCUT2D eigenvalue weighted by atomic mass is 32.2. The Bertz CT molecular complexity index is 763. The van der Waals surface area contributed by atoms with E-state index < -0.39 is 0 Å². The molecule has 0 bridgehead atoms. The molecule has 23 heavy (non-hydrogen) atoms. The molecule has 0 saturated heterocycles. The molecular formula is C16H16N4OS2. The molecule has 2 aliphatic heterocycles. The van der Waals surface area contributed by atoms with Crippen LogP contribution in [-0.2, 0) is 4.79 Å². The summed E-state index contributed by atoms with van der Waals surface area (Å²) in [7, 11) is 0. The highest BCUT2D eigenvalue weighted by molar-refractivity contribution is 8.18. The van der Waals surface area contributed by atoms with E-state index in [0.717, 1.165) is 17.5 Å². The zero-order valence-corrected chi connectivity index (χ0v) is 14.7. The minimum atomic E-state index is -0.390. The lowest BCUT2D eigenvalue weighted by atomic mass is 10.0. The summed E-state index contributed by atoms with van der Waals surface area (Å²) in [5, 5.41) is 9.47.